The summed E-state index contributed by atoms with van der Waals surface area (Å²) in [7, 11) is 0. The van der Waals surface area contributed by atoms with Crippen molar-refractivity contribution in [1.29, 1.82) is 0 Å². The number of benzene rings is 2. The molecule has 32 heavy (non-hydrogen) atoms. The predicted molar refractivity (Wildman–Crippen MR) is 122 cm³/mol. The van der Waals surface area contributed by atoms with Crippen LogP contribution in [0.2, 0.25) is 0 Å². The number of nitrogens with zero attached hydrogens (tertiary/aromatic N) is 3. The van der Waals surface area contributed by atoms with Crippen LogP contribution in [-0.2, 0) is 16.1 Å². The molecule has 1 fully saturated rings. The van der Waals surface area contributed by atoms with Crippen LogP contribution in [0.15, 0.2) is 42.5 Å². The molecule has 2 N–H and O–H groups in total. The Hall–Kier alpha value is -3.65. The molecule has 0 atom stereocenters. The third-order valence-electron chi connectivity index (χ3n) is 5.96. The van der Waals surface area contributed by atoms with Gasteiger partial charge in [-0.3, -0.25) is 19.6 Å². The molecule has 2 aromatic carbocycles. The van der Waals surface area contributed by atoms with Crippen LogP contribution >= 0.6 is 0 Å². The lowest BCUT2D eigenvalue weighted by molar-refractivity contribution is -0.132. The first-order valence-electron chi connectivity index (χ1n) is 10.7. The number of ether oxygens (including phenoxy) is 1. The van der Waals surface area contributed by atoms with Crippen LogP contribution in [0.4, 0.5) is 0 Å². The van der Waals surface area contributed by atoms with Crippen molar-refractivity contribution in [2.75, 3.05) is 26.2 Å². The lowest BCUT2D eigenvalue weighted by Crippen LogP contribution is -2.47. The maximum atomic E-state index is 11.5. The zero-order valence-electron chi connectivity index (χ0n) is 18.1. The van der Waals surface area contributed by atoms with Crippen molar-refractivity contribution in [3.05, 3.63) is 48.0 Å². The van der Waals surface area contributed by atoms with Gasteiger partial charge in [-0.2, -0.15) is 5.10 Å². The Bertz CT molecular complexity index is 1310. The van der Waals surface area contributed by atoms with Gasteiger partial charge in [0.15, 0.2) is 0 Å². The molecule has 5 rings (SSSR count). The lowest BCUT2D eigenvalue weighted by Gasteiger charge is -2.34. The third-order valence-corrected chi connectivity index (χ3v) is 5.96. The van der Waals surface area contributed by atoms with Gasteiger partial charge in [-0.25, -0.2) is 0 Å². The molecule has 0 unspecified atom stereocenters. The van der Waals surface area contributed by atoms with Gasteiger partial charge < -0.3 is 14.6 Å². The second-order valence-corrected chi connectivity index (χ2v) is 8.26. The average molecular weight is 431 g/mol. The summed E-state index contributed by atoms with van der Waals surface area (Å²) in [6.45, 7) is 7.25. The fraction of sp³-hybridized carbons (Fsp3) is 0.292. The molecule has 3 heterocycles. The first-order chi connectivity index (χ1) is 15.5. The number of piperazine rings is 1. The molecule has 0 saturated carbocycles. The second-order valence-electron chi connectivity index (χ2n) is 8.26. The number of carbonyl (C=O) groups is 2. The molecule has 0 spiro atoms. The highest BCUT2D eigenvalue weighted by molar-refractivity contribution is 5.96. The number of amides is 1. The van der Waals surface area contributed by atoms with E-state index < -0.39 is 0 Å². The normalized spacial score (nSPS) is 14.9. The Kier molecular flexibility index (Phi) is 5.14. The van der Waals surface area contributed by atoms with Crippen molar-refractivity contribution in [2.24, 2.45) is 0 Å². The molecule has 8 heteroatoms. The number of carbonyl (C=O) groups excluding carboxylic acids is 2. The van der Waals surface area contributed by atoms with Crippen LogP contribution < -0.4 is 4.74 Å². The fourth-order valence-electron chi connectivity index (χ4n) is 4.32. The first kappa shape index (κ1) is 20.3. The van der Waals surface area contributed by atoms with Gasteiger partial charge in [0, 0.05) is 68.9 Å². The smallest absolute Gasteiger partial charge is 0.308 e. The summed E-state index contributed by atoms with van der Waals surface area (Å²) in [6, 6.07) is 14.0. The van der Waals surface area contributed by atoms with Gasteiger partial charge in [0.25, 0.3) is 0 Å². The predicted octanol–water partition coefficient (Wildman–Crippen LogP) is 3.30. The monoisotopic (exact) mass is 431 g/mol. The number of aromatic amines is 2. The van der Waals surface area contributed by atoms with Crippen molar-refractivity contribution in [1.82, 2.24) is 25.0 Å². The van der Waals surface area contributed by atoms with Crippen LogP contribution in [0.1, 0.15) is 19.4 Å². The SMILES string of the molecule is CC(=O)Oc1ccc2c(-c3cc4cc(CN5CCN(C(C)=O)CC5)ccc4[nH]3)n[nH]c2c1. The highest BCUT2D eigenvalue weighted by Crippen LogP contribution is 2.31. The molecule has 1 aliphatic rings. The third kappa shape index (κ3) is 3.97. The van der Waals surface area contributed by atoms with E-state index in [1.807, 2.05) is 11.0 Å². The summed E-state index contributed by atoms with van der Waals surface area (Å²) < 4.78 is 5.16. The van der Waals surface area contributed by atoms with E-state index in [1.165, 1.54) is 12.5 Å². The van der Waals surface area contributed by atoms with Gasteiger partial charge in [-0.1, -0.05) is 6.07 Å². The number of aromatic nitrogens is 3. The molecule has 1 amide bonds. The van der Waals surface area contributed by atoms with Crippen LogP contribution in [0.5, 0.6) is 5.75 Å². The van der Waals surface area contributed by atoms with E-state index in [0.717, 1.165) is 65.9 Å². The Morgan fingerprint density at radius 3 is 2.56 bits per heavy atom. The van der Waals surface area contributed by atoms with Gasteiger partial charge in [-0.05, 0) is 35.9 Å². The first-order valence-corrected chi connectivity index (χ1v) is 10.7. The summed E-state index contributed by atoms with van der Waals surface area (Å²) in [6.07, 6.45) is 0. The molecular formula is C24H25N5O3. The van der Waals surface area contributed by atoms with E-state index in [1.54, 1.807) is 19.1 Å². The number of hydrogen-bond donors (Lipinski definition) is 2. The van der Waals surface area contributed by atoms with E-state index in [0.29, 0.717) is 5.75 Å². The second kappa shape index (κ2) is 8.12. The van der Waals surface area contributed by atoms with Crippen LogP contribution in [0.3, 0.4) is 0 Å². The van der Waals surface area contributed by atoms with Gasteiger partial charge in [0.1, 0.15) is 11.4 Å². The Labute approximate surface area is 185 Å². The van der Waals surface area contributed by atoms with Crippen molar-refractivity contribution in [3.63, 3.8) is 0 Å². The van der Waals surface area contributed by atoms with Crippen LogP contribution in [-0.4, -0.2) is 63.0 Å². The maximum Gasteiger partial charge on any atom is 0.308 e. The molecular weight excluding hydrogens is 406 g/mol. The van der Waals surface area contributed by atoms with Crippen molar-refractivity contribution < 1.29 is 14.3 Å². The summed E-state index contributed by atoms with van der Waals surface area (Å²) >= 11 is 0. The Morgan fingerprint density at radius 2 is 1.81 bits per heavy atom. The molecule has 4 aromatic rings. The van der Waals surface area contributed by atoms with Gasteiger partial charge >= 0.3 is 5.97 Å². The molecule has 1 aliphatic heterocycles. The zero-order valence-corrected chi connectivity index (χ0v) is 18.1. The van der Waals surface area contributed by atoms with E-state index in [-0.39, 0.29) is 11.9 Å². The fourth-order valence-corrected chi connectivity index (χ4v) is 4.32. The Morgan fingerprint density at radius 1 is 1.00 bits per heavy atom. The van der Waals surface area contributed by atoms with Crippen LogP contribution in [0.25, 0.3) is 33.2 Å². The van der Waals surface area contributed by atoms with Gasteiger partial charge in [0.2, 0.25) is 5.91 Å². The molecule has 2 aromatic heterocycles. The minimum atomic E-state index is -0.351. The molecule has 0 bridgehead atoms. The number of H-pyrrole nitrogens is 2. The summed E-state index contributed by atoms with van der Waals surface area (Å²) in [5.74, 6) is 0.293. The average Bonchev–Trinajstić information content (AvgIpc) is 3.36. The van der Waals surface area contributed by atoms with Crippen LogP contribution in [0, 0.1) is 0 Å². The summed E-state index contributed by atoms with van der Waals surface area (Å²) in [4.78, 5) is 30.5. The molecule has 164 valence electrons. The summed E-state index contributed by atoms with van der Waals surface area (Å²) in [5.41, 5.74) is 4.86. The van der Waals surface area contributed by atoms with E-state index in [2.05, 4.69) is 44.3 Å². The molecule has 0 aliphatic carbocycles. The minimum Gasteiger partial charge on any atom is -0.427 e. The van der Waals surface area contributed by atoms with Gasteiger partial charge in [0.05, 0.1) is 11.2 Å². The zero-order chi connectivity index (χ0) is 22.2. The highest BCUT2D eigenvalue weighted by atomic mass is 16.5. The number of esters is 1. The molecule has 8 nitrogen and oxygen atoms in total. The standard InChI is InChI=1S/C24H25N5O3/c1-15(30)29-9-7-28(8-10-29)14-17-3-6-21-18(11-17)12-23(25-21)24-20-5-4-19(32-16(2)31)13-22(20)26-27-24/h3-6,11-13,25H,7-10,14H2,1-2H3,(H,26,27). The quantitative estimate of drug-likeness (QED) is 0.382. The largest absolute Gasteiger partial charge is 0.427 e. The molecule has 0 radical (unpaired) electrons. The summed E-state index contributed by atoms with van der Waals surface area (Å²) in [5, 5.41) is 9.59. The van der Waals surface area contributed by atoms with Crippen molar-refractivity contribution >= 4 is 33.7 Å². The Balaban J connectivity index is 1.36. The number of nitrogens with one attached hydrogen (secondary N) is 2. The van der Waals surface area contributed by atoms with E-state index >= 15 is 0 Å². The van der Waals surface area contributed by atoms with E-state index in [9.17, 15) is 9.59 Å². The van der Waals surface area contributed by atoms with E-state index in [4.69, 9.17) is 4.74 Å². The topological polar surface area (TPSA) is 94.3 Å². The number of rotatable bonds is 4. The molecule has 1 saturated heterocycles. The number of fused-ring (bicyclic) bond motifs is 2. The maximum absolute atomic E-state index is 11.5. The lowest BCUT2D eigenvalue weighted by atomic mass is 10.1. The highest BCUT2D eigenvalue weighted by Gasteiger charge is 2.19. The minimum absolute atomic E-state index is 0.152. The van der Waals surface area contributed by atoms with Crippen molar-refractivity contribution in [3.8, 4) is 17.1 Å². The van der Waals surface area contributed by atoms with Crippen molar-refractivity contribution in [2.45, 2.75) is 20.4 Å². The van der Waals surface area contributed by atoms with Gasteiger partial charge in [-0.15, -0.1) is 0 Å². The number of hydrogen-bond acceptors (Lipinski definition) is 5.